The number of anilines is 1. The lowest BCUT2D eigenvalue weighted by Crippen LogP contribution is -2.43. The van der Waals surface area contributed by atoms with Crippen LogP contribution in [-0.2, 0) is 16.6 Å². The number of imidazole rings is 1. The van der Waals surface area contributed by atoms with Gasteiger partial charge in [0, 0.05) is 55.9 Å². The van der Waals surface area contributed by atoms with Gasteiger partial charge in [-0.25, -0.2) is 4.98 Å². The molecule has 1 aliphatic rings. The molecule has 8 heteroatoms. The number of aryl methyl sites for hydroxylation is 1. The predicted molar refractivity (Wildman–Crippen MR) is 105 cm³/mol. The second kappa shape index (κ2) is 8.35. The van der Waals surface area contributed by atoms with E-state index in [-0.39, 0.29) is 11.8 Å². The first-order valence-corrected chi connectivity index (χ1v) is 9.33. The standard InChI is InChI=1S/C20H25N5O3/c1-13(2)25-10-8-16(12-25)23-20(28)19(27)22-15-6-4-14(5-7-15)17(26)18-21-9-11-24(18)3/h4-7,9,11,13,16H,8,10,12H2,1-3H3,(H,22,27)(H,23,28). The maximum absolute atomic E-state index is 12.4. The molecule has 28 heavy (non-hydrogen) atoms. The highest BCUT2D eigenvalue weighted by Crippen LogP contribution is 2.14. The summed E-state index contributed by atoms with van der Waals surface area (Å²) < 4.78 is 1.64. The molecular weight excluding hydrogens is 358 g/mol. The van der Waals surface area contributed by atoms with Crippen LogP contribution in [0.3, 0.4) is 0 Å². The number of ketones is 1. The molecule has 148 valence electrons. The van der Waals surface area contributed by atoms with Crippen LogP contribution in [0.1, 0.15) is 36.5 Å². The average Bonchev–Trinajstić information content (AvgIpc) is 3.30. The van der Waals surface area contributed by atoms with Crippen LogP contribution < -0.4 is 10.6 Å². The van der Waals surface area contributed by atoms with Crippen molar-refractivity contribution in [2.45, 2.75) is 32.4 Å². The van der Waals surface area contributed by atoms with Gasteiger partial charge in [-0.3, -0.25) is 19.3 Å². The predicted octanol–water partition coefficient (Wildman–Crippen LogP) is 1.19. The Bertz CT molecular complexity index is 872. The van der Waals surface area contributed by atoms with Gasteiger partial charge in [0.15, 0.2) is 5.82 Å². The van der Waals surface area contributed by atoms with Crippen LogP contribution in [0.2, 0.25) is 0 Å². The summed E-state index contributed by atoms with van der Waals surface area (Å²) in [6.07, 6.45) is 4.09. The first-order valence-electron chi connectivity index (χ1n) is 9.33. The number of amides is 2. The highest BCUT2D eigenvalue weighted by molar-refractivity contribution is 6.39. The fraction of sp³-hybridized carbons (Fsp3) is 0.400. The van der Waals surface area contributed by atoms with Crippen molar-refractivity contribution < 1.29 is 14.4 Å². The number of nitrogens with one attached hydrogen (secondary N) is 2. The van der Waals surface area contributed by atoms with Crippen molar-refractivity contribution in [1.29, 1.82) is 0 Å². The van der Waals surface area contributed by atoms with E-state index in [9.17, 15) is 14.4 Å². The molecule has 3 rings (SSSR count). The zero-order valence-corrected chi connectivity index (χ0v) is 16.3. The Labute approximate surface area is 163 Å². The summed E-state index contributed by atoms with van der Waals surface area (Å²) in [5, 5.41) is 5.35. The van der Waals surface area contributed by atoms with Gasteiger partial charge in [0.05, 0.1) is 0 Å². The first-order chi connectivity index (χ1) is 13.3. The minimum absolute atomic E-state index is 0.0153. The highest BCUT2D eigenvalue weighted by atomic mass is 16.2. The molecule has 1 unspecified atom stereocenters. The Morgan fingerprint density at radius 1 is 1.14 bits per heavy atom. The zero-order valence-electron chi connectivity index (χ0n) is 16.3. The minimum Gasteiger partial charge on any atom is -0.344 e. The van der Waals surface area contributed by atoms with E-state index in [4.69, 9.17) is 0 Å². The molecule has 0 saturated carbocycles. The van der Waals surface area contributed by atoms with Crippen LogP contribution in [0.4, 0.5) is 5.69 Å². The summed E-state index contributed by atoms with van der Waals surface area (Å²) in [5.74, 6) is -1.24. The largest absolute Gasteiger partial charge is 0.344 e. The van der Waals surface area contributed by atoms with E-state index >= 15 is 0 Å². The van der Waals surface area contributed by atoms with Gasteiger partial charge in [0.25, 0.3) is 0 Å². The van der Waals surface area contributed by atoms with Gasteiger partial charge < -0.3 is 15.2 Å². The summed E-state index contributed by atoms with van der Waals surface area (Å²) in [4.78, 5) is 43.0. The molecule has 2 amide bonds. The third-order valence-electron chi connectivity index (χ3n) is 4.92. The molecule has 1 fully saturated rings. The lowest BCUT2D eigenvalue weighted by molar-refractivity contribution is -0.136. The van der Waals surface area contributed by atoms with E-state index in [1.54, 1.807) is 48.3 Å². The van der Waals surface area contributed by atoms with Gasteiger partial charge in [0.1, 0.15) is 0 Å². The van der Waals surface area contributed by atoms with E-state index in [1.165, 1.54) is 0 Å². The SMILES string of the molecule is CC(C)N1CCC(NC(=O)C(=O)Nc2ccc(C(=O)c3nccn3C)cc2)C1. The van der Waals surface area contributed by atoms with Crippen molar-refractivity contribution in [3.63, 3.8) is 0 Å². The van der Waals surface area contributed by atoms with Crippen LogP contribution in [0.5, 0.6) is 0 Å². The number of aromatic nitrogens is 2. The number of likely N-dealkylation sites (tertiary alicyclic amines) is 1. The Kier molecular flexibility index (Phi) is 5.89. The van der Waals surface area contributed by atoms with Crippen LogP contribution in [0.25, 0.3) is 0 Å². The minimum atomic E-state index is -0.717. The van der Waals surface area contributed by atoms with Gasteiger partial charge in [-0.1, -0.05) is 0 Å². The maximum Gasteiger partial charge on any atom is 0.313 e. The third-order valence-corrected chi connectivity index (χ3v) is 4.92. The number of carbonyl (C=O) groups is 3. The summed E-state index contributed by atoms with van der Waals surface area (Å²) in [6.45, 7) is 5.88. The van der Waals surface area contributed by atoms with Crippen molar-refractivity contribution in [1.82, 2.24) is 19.8 Å². The van der Waals surface area contributed by atoms with Crippen molar-refractivity contribution in [3.8, 4) is 0 Å². The zero-order chi connectivity index (χ0) is 20.3. The first kappa shape index (κ1) is 19.8. The van der Waals surface area contributed by atoms with Gasteiger partial charge in [0.2, 0.25) is 5.78 Å². The van der Waals surface area contributed by atoms with Crippen molar-refractivity contribution >= 4 is 23.3 Å². The van der Waals surface area contributed by atoms with E-state index in [0.717, 1.165) is 19.5 Å². The van der Waals surface area contributed by atoms with Crippen LogP contribution in [-0.4, -0.2) is 57.2 Å². The molecular formula is C20H25N5O3. The van der Waals surface area contributed by atoms with E-state index in [2.05, 4.69) is 34.4 Å². The monoisotopic (exact) mass is 383 g/mol. The maximum atomic E-state index is 12.4. The molecule has 0 aliphatic carbocycles. The Morgan fingerprint density at radius 2 is 1.86 bits per heavy atom. The number of benzene rings is 1. The molecule has 1 atom stereocenters. The number of hydrogen-bond acceptors (Lipinski definition) is 5. The van der Waals surface area contributed by atoms with Gasteiger partial charge in [-0.2, -0.15) is 0 Å². The highest BCUT2D eigenvalue weighted by Gasteiger charge is 2.27. The Morgan fingerprint density at radius 3 is 2.43 bits per heavy atom. The Hall–Kier alpha value is -3.00. The second-order valence-electron chi connectivity index (χ2n) is 7.27. The van der Waals surface area contributed by atoms with Crippen molar-refractivity contribution in [2.75, 3.05) is 18.4 Å². The lowest BCUT2D eigenvalue weighted by Gasteiger charge is -2.20. The number of hydrogen-bond donors (Lipinski definition) is 2. The second-order valence-corrected chi connectivity index (χ2v) is 7.27. The van der Waals surface area contributed by atoms with E-state index in [0.29, 0.717) is 23.1 Å². The van der Waals surface area contributed by atoms with Crippen LogP contribution in [0, 0.1) is 0 Å². The number of carbonyl (C=O) groups excluding carboxylic acids is 3. The molecule has 0 spiro atoms. The van der Waals surface area contributed by atoms with Gasteiger partial charge >= 0.3 is 11.8 Å². The third kappa shape index (κ3) is 4.45. The van der Waals surface area contributed by atoms with Gasteiger partial charge in [-0.15, -0.1) is 0 Å². The molecule has 1 aromatic heterocycles. The Balaban J connectivity index is 1.55. The topological polar surface area (TPSA) is 96.3 Å². The molecule has 2 aromatic rings. The summed E-state index contributed by atoms with van der Waals surface area (Å²) in [6, 6.07) is 6.79. The summed E-state index contributed by atoms with van der Waals surface area (Å²) >= 11 is 0. The molecule has 1 aromatic carbocycles. The average molecular weight is 383 g/mol. The summed E-state index contributed by atoms with van der Waals surface area (Å²) in [5.41, 5.74) is 0.906. The fourth-order valence-electron chi connectivity index (χ4n) is 3.23. The fourth-order valence-corrected chi connectivity index (χ4v) is 3.23. The van der Waals surface area contributed by atoms with E-state index in [1.807, 2.05) is 0 Å². The number of nitrogens with zero attached hydrogens (tertiary/aromatic N) is 3. The molecule has 8 nitrogen and oxygen atoms in total. The molecule has 2 heterocycles. The molecule has 0 bridgehead atoms. The molecule has 2 N–H and O–H groups in total. The van der Waals surface area contributed by atoms with Crippen molar-refractivity contribution in [3.05, 3.63) is 48.0 Å². The van der Waals surface area contributed by atoms with Crippen molar-refractivity contribution in [2.24, 2.45) is 7.05 Å². The van der Waals surface area contributed by atoms with Crippen LogP contribution >= 0.6 is 0 Å². The molecule has 0 radical (unpaired) electrons. The van der Waals surface area contributed by atoms with Crippen LogP contribution in [0.15, 0.2) is 36.7 Å². The smallest absolute Gasteiger partial charge is 0.313 e. The molecule has 1 aliphatic heterocycles. The normalized spacial score (nSPS) is 16.9. The lowest BCUT2D eigenvalue weighted by atomic mass is 10.1. The molecule has 1 saturated heterocycles. The quantitative estimate of drug-likeness (QED) is 0.597. The van der Waals surface area contributed by atoms with Gasteiger partial charge in [-0.05, 0) is 44.5 Å². The number of rotatable bonds is 5. The van der Waals surface area contributed by atoms with E-state index < -0.39 is 11.8 Å². The summed E-state index contributed by atoms with van der Waals surface area (Å²) in [7, 11) is 1.75.